The molecule has 0 radical (unpaired) electrons. The Morgan fingerprint density at radius 3 is 2.58 bits per heavy atom. The fourth-order valence-corrected chi connectivity index (χ4v) is 3.77. The number of nitrogens with zero attached hydrogens (tertiary/aromatic N) is 4. The second-order valence-corrected chi connectivity index (χ2v) is 7.68. The van der Waals surface area contributed by atoms with E-state index in [-0.39, 0.29) is 49.7 Å². The molecule has 1 atom stereocenters. The molecule has 2 aromatic heterocycles. The first-order valence-electron chi connectivity index (χ1n) is 9.77. The summed E-state index contributed by atoms with van der Waals surface area (Å²) in [5.41, 5.74) is 0.259. The summed E-state index contributed by atoms with van der Waals surface area (Å²) in [5.74, 6) is -2.25. The number of anilines is 1. The van der Waals surface area contributed by atoms with Crippen LogP contribution < -0.4 is 4.90 Å². The first kappa shape index (κ1) is 24.4. The number of alkyl halides is 3. The van der Waals surface area contributed by atoms with E-state index in [1.54, 1.807) is 26.0 Å². The minimum Gasteiger partial charge on any atom is -0.305 e. The Morgan fingerprint density at radius 1 is 1.21 bits per heavy atom. The van der Waals surface area contributed by atoms with Crippen molar-refractivity contribution in [2.45, 2.75) is 32.5 Å². The van der Waals surface area contributed by atoms with E-state index in [0.717, 1.165) is 6.07 Å². The van der Waals surface area contributed by atoms with E-state index in [4.69, 9.17) is 0 Å². The van der Waals surface area contributed by atoms with Crippen molar-refractivity contribution >= 4 is 30.9 Å². The zero-order chi connectivity index (χ0) is 23.2. The molecule has 4 rings (SSSR count). The number of halogens is 4. The van der Waals surface area contributed by atoms with Crippen LogP contribution in [0.2, 0.25) is 0 Å². The molecular formula is C22H20F4N4O2S. The Balaban J connectivity index is 0.00000306. The highest BCUT2D eigenvalue weighted by Crippen LogP contribution is 2.35. The van der Waals surface area contributed by atoms with Gasteiger partial charge in [-0.3, -0.25) is 19.3 Å². The molecule has 1 amide bonds. The zero-order valence-electron chi connectivity index (χ0n) is 17.7. The van der Waals surface area contributed by atoms with Crippen LogP contribution in [0, 0.1) is 12.7 Å². The molecule has 33 heavy (non-hydrogen) atoms. The summed E-state index contributed by atoms with van der Waals surface area (Å²) in [5, 5.41) is 4.23. The highest BCUT2D eigenvalue weighted by molar-refractivity contribution is 7.59. The lowest BCUT2D eigenvalue weighted by Crippen LogP contribution is -2.43. The molecule has 1 aliphatic heterocycles. The van der Waals surface area contributed by atoms with Crippen LogP contribution in [0.15, 0.2) is 42.7 Å². The fraction of sp³-hybridized carbons (Fsp3) is 0.273. The number of carbonyl (C=O) groups is 2. The van der Waals surface area contributed by atoms with Crippen LogP contribution in [0.1, 0.15) is 50.6 Å². The van der Waals surface area contributed by atoms with E-state index in [1.807, 2.05) is 0 Å². The molecule has 3 aromatic rings. The van der Waals surface area contributed by atoms with E-state index in [0.29, 0.717) is 29.0 Å². The average molecular weight is 480 g/mol. The topological polar surface area (TPSA) is 68.1 Å². The van der Waals surface area contributed by atoms with E-state index in [1.165, 1.54) is 22.0 Å². The number of fused-ring (bicyclic) bond motifs is 1. The van der Waals surface area contributed by atoms with Crippen molar-refractivity contribution in [1.29, 1.82) is 0 Å². The summed E-state index contributed by atoms with van der Waals surface area (Å²) in [6.07, 6.45) is -1.97. The van der Waals surface area contributed by atoms with Crippen molar-refractivity contribution in [1.82, 2.24) is 14.8 Å². The van der Waals surface area contributed by atoms with Gasteiger partial charge in [0.1, 0.15) is 11.5 Å². The number of hydrogen-bond donors (Lipinski definition) is 0. The summed E-state index contributed by atoms with van der Waals surface area (Å²) in [6, 6.07) is 5.26. The number of rotatable bonds is 4. The van der Waals surface area contributed by atoms with E-state index < -0.39 is 23.5 Å². The van der Waals surface area contributed by atoms with Crippen LogP contribution in [-0.4, -0.2) is 33.0 Å². The lowest BCUT2D eigenvalue weighted by atomic mass is 10.0. The van der Waals surface area contributed by atoms with E-state index >= 15 is 0 Å². The third kappa shape index (κ3) is 4.63. The maximum atomic E-state index is 14.1. The standard InChI is InChI=1S/C22H18F4N4O2.H2S/c1-12-7-14(5-6-27-12)19(31)8-15-10-28-30-13(2)11-29(21(32)20(15)30)16-3-4-17(18(23)9-16)22(24,25)26;/h3-7,9-10,13H,8,11H2,1-2H3;1H2/t13-;/m0./s1. The largest absolute Gasteiger partial charge is 0.419 e. The summed E-state index contributed by atoms with van der Waals surface area (Å²) >= 11 is 0. The van der Waals surface area contributed by atoms with Crippen molar-refractivity contribution in [3.8, 4) is 0 Å². The van der Waals surface area contributed by atoms with Gasteiger partial charge in [-0.25, -0.2) is 4.39 Å². The number of Topliss-reactive ketones (excluding diaryl/α,β-unsaturated/α-hetero) is 1. The van der Waals surface area contributed by atoms with Crippen molar-refractivity contribution in [3.63, 3.8) is 0 Å². The van der Waals surface area contributed by atoms with Crippen LogP contribution in [0.25, 0.3) is 0 Å². The van der Waals surface area contributed by atoms with Gasteiger partial charge in [-0.05, 0) is 44.2 Å². The number of benzene rings is 1. The molecule has 0 saturated heterocycles. The van der Waals surface area contributed by atoms with Crippen LogP contribution in [0.4, 0.5) is 23.2 Å². The van der Waals surface area contributed by atoms with Crippen molar-refractivity contribution < 1.29 is 27.2 Å². The minimum atomic E-state index is -4.83. The van der Waals surface area contributed by atoms with Gasteiger partial charge in [-0.1, -0.05) is 0 Å². The molecule has 0 spiro atoms. The molecule has 0 saturated carbocycles. The molecule has 11 heteroatoms. The number of aryl methyl sites for hydroxylation is 1. The fourth-order valence-electron chi connectivity index (χ4n) is 3.77. The predicted octanol–water partition coefficient (Wildman–Crippen LogP) is 4.50. The monoisotopic (exact) mass is 480 g/mol. The first-order valence-corrected chi connectivity index (χ1v) is 9.77. The molecule has 3 heterocycles. The van der Waals surface area contributed by atoms with Gasteiger partial charge in [0, 0.05) is 41.7 Å². The highest BCUT2D eigenvalue weighted by atomic mass is 32.1. The summed E-state index contributed by atoms with van der Waals surface area (Å²) in [4.78, 5) is 31.2. The Morgan fingerprint density at radius 2 is 1.94 bits per heavy atom. The summed E-state index contributed by atoms with van der Waals surface area (Å²) in [6.45, 7) is 3.62. The van der Waals surface area contributed by atoms with Crippen molar-refractivity contribution in [2.75, 3.05) is 11.4 Å². The van der Waals surface area contributed by atoms with Crippen LogP contribution in [-0.2, 0) is 12.6 Å². The lowest BCUT2D eigenvalue weighted by Gasteiger charge is -2.32. The van der Waals surface area contributed by atoms with Crippen molar-refractivity contribution in [3.05, 3.63) is 76.6 Å². The number of ketones is 1. The van der Waals surface area contributed by atoms with Gasteiger partial charge in [0.15, 0.2) is 5.78 Å². The number of amides is 1. The van der Waals surface area contributed by atoms with Gasteiger partial charge >= 0.3 is 6.18 Å². The molecule has 0 aliphatic carbocycles. The van der Waals surface area contributed by atoms with Gasteiger partial charge in [-0.15, -0.1) is 0 Å². The molecule has 0 fully saturated rings. The molecule has 174 valence electrons. The number of pyridine rings is 1. The predicted molar refractivity (Wildman–Crippen MR) is 117 cm³/mol. The van der Waals surface area contributed by atoms with E-state index in [9.17, 15) is 27.2 Å². The molecule has 6 nitrogen and oxygen atoms in total. The normalized spacial score (nSPS) is 15.8. The van der Waals surface area contributed by atoms with Gasteiger partial charge in [-0.2, -0.15) is 31.8 Å². The van der Waals surface area contributed by atoms with Gasteiger partial charge in [0.25, 0.3) is 5.91 Å². The minimum absolute atomic E-state index is 0. The number of hydrogen-bond acceptors (Lipinski definition) is 4. The van der Waals surface area contributed by atoms with Crippen LogP contribution >= 0.6 is 13.5 Å². The summed E-state index contributed by atoms with van der Waals surface area (Å²) in [7, 11) is 0. The van der Waals surface area contributed by atoms with Gasteiger partial charge < -0.3 is 4.90 Å². The number of carbonyl (C=O) groups excluding carboxylic acids is 2. The summed E-state index contributed by atoms with van der Waals surface area (Å²) < 4.78 is 54.3. The first-order chi connectivity index (χ1) is 15.1. The highest BCUT2D eigenvalue weighted by Gasteiger charge is 2.37. The zero-order valence-corrected chi connectivity index (χ0v) is 18.7. The van der Waals surface area contributed by atoms with Crippen LogP contribution in [0.3, 0.4) is 0 Å². The second-order valence-electron chi connectivity index (χ2n) is 7.68. The molecule has 1 aliphatic rings. The van der Waals surface area contributed by atoms with Gasteiger partial charge in [0.05, 0.1) is 17.8 Å². The Labute approximate surface area is 193 Å². The third-order valence-electron chi connectivity index (χ3n) is 5.32. The molecule has 1 aromatic carbocycles. The Hall–Kier alpha value is -3.21. The maximum absolute atomic E-state index is 14.1. The molecule has 0 N–H and O–H groups in total. The maximum Gasteiger partial charge on any atom is 0.419 e. The Kier molecular flexibility index (Phi) is 6.64. The van der Waals surface area contributed by atoms with Gasteiger partial charge in [0.2, 0.25) is 0 Å². The lowest BCUT2D eigenvalue weighted by molar-refractivity contribution is -0.139. The second kappa shape index (κ2) is 8.97. The molecule has 0 bridgehead atoms. The third-order valence-corrected chi connectivity index (χ3v) is 5.32. The molecule has 0 unspecified atom stereocenters. The Bertz CT molecular complexity index is 1230. The molecular weight excluding hydrogens is 460 g/mol. The quantitative estimate of drug-likeness (QED) is 0.407. The number of aromatic nitrogens is 3. The van der Waals surface area contributed by atoms with Crippen molar-refractivity contribution in [2.24, 2.45) is 0 Å². The van der Waals surface area contributed by atoms with E-state index in [2.05, 4.69) is 10.1 Å². The SMILES string of the molecule is Cc1cc(C(=O)Cc2cnn3c2C(=O)N(c2ccc(C(F)(F)F)c(F)c2)C[C@@H]3C)ccn1.S. The van der Waals surface area contributed by atoms with Crippen LogP contribution in [0.5, 0.6) is 0 Å². The smallest absolute Gasteiger partial charge is 0.305 e. The average Bonchev–Trinajstić information content (AvgIpc) is 3.14.